The summed E-state index contributed by atoms with van der Waals surface area (Å²) >= 11 is 0. The first-order valence-corrected chi connectivity index (χ1v) is 12.0. The number of para-hydroxylation sites is 2. The molecular formula is C31H25N3O4. The van der Waals surface area contributed by atoms with E-state index in [9.17, 15) is 9.59 Å². The lowest BCUT2D eigenvalue weighted by molar-refractivity contribution is 0.0734. The number of carbonyl (C=O) groups is 2. The lowest BCUT2D eigenvalue weighted by atomic mass is 10.0. The quantitative estimate of drug-likeness (QED) is 0.121. The highest BCUT2D eigenvalue weighted by molar-refractivity contribution is 6.10. The van der Waals surface area contributed by atoms with Gasteiger partial charge in [0, 0.05) is 22.0 Å². The number of hydrazone groups is 1. The average molecular weight is 504 g/mol. The molecule has 2 N–H and O–H groups in total. The van der Waals surface area contributed by atoms with E-state index in [1.165, 1.54) is 6.21 Å². The number of hydrogen-bond acceptors (Lipinski definition) is 5. The molecule has 1 heterocycles. The van der Waals surface area contributed by atoms with E-state index in [-0.39, 0.29) is 5.91 Å². The van der Waals surface area contributed by atoms with Crippen LogP contribution < -0.4 is 14.9 Å². The number of nitrogens with one attached hydrogen (secondary N) is 2. The van der Waals surface area contributed by atoms with Gasteiger partial charge in [0.2, 0.25) is 0 Å². The molecular weight excluding hydrogens is 478 g/mol. The Labute approximate surface area is 219 Å². The van der Waals surface area contributed by atoms with Crippen LogP contribution in [0.15, 0.2) is 102 Å². The Morgan fingerprint density at radius 3 is 2.37 bits per heavy atom. The number of fused-ring (bicyclic) bond motifs is 1. The third kappa shape index (κ3) is 5.03. The van der Waals surface area contributed by atoms with Crippen LogP contribution in [0.3, 0.4) is 0 Å². The highest BCUT2D eigenvalue weighted by Gasteiger charge is 2.20. The van der Waals surface area contributed by atoms with Gasteiger partial charge in [-0.25, -0.2) is 10.2 Å². The van der Waals surface area contributed by atoms with Crippen LogP contribution in [0.4, 0.5) is 0 Å². The molecule has 5 rings (SSSR count). The summed E-state index contributed by atoms with van der Waals surface area (Å²) in [5.41, 5.74) is 7.61. The molecule has 0 saturated carbocycles. The Hall–Kier alpha value is -5.17. The van der Waals surface area contributed by atoms with Crippen molar-refractivity contribution in [2.75, 3.05) is 7.11 Å². The van der Waals surface area contributed by atoms with E-state index >= 15 is 0 Å². The predicted octanol–water partition coefficient (Wildman–Crippen LogP) is 6.14. The Morgan fingerprint density at radius 2 is 1.61 bits per heavy atom. The zero-order valence-electron chi connectivity index (χ0n) is 20.9. The zero-order chi connectivity index (χ0) is 26.5. The largest absolute Gasteiger partial charge is 0.497 e. The lowest BCUT2D eigenvalue weighted by Gasteiger charge is -2.08. The summed E-state index contributed by atoms with van der Waals surface area (Å²) in [4.78, 5) is 29.2. The summed E-state index contributed by atoms with van der Waals surface area (Å²) in [6.07, 6.45) is 1.45. The number of rotatable bonds is 7. The second kappa shape index (κ2) is 10.8. The van der Waals surface area contributed by atoms with Crippen molar-refractivity contribution in [3.05, 3.63) is 119 Å². The topological polar surface area (TPSA) is 92.8 Å². The van der Waals surface area contributed by atoms with E-state index in [1.54, 1.807) is 55.6 Å². The van der Waals surface area contributed by atoms with E-state index in [1.807, 2.05) is 55.5 Å². The number of aryl methyl sites for hydroxylation is 1. The first-order valence-electron chi connectivity index (χ1n) is 12.0. The normalized spacial score (nSPS) is 11.0. The first kappa shape index (κ1) is 24.5. The minimum absolute atomic E-state index is 0.317. The van der Waals surface area contributed by atoms with E-state index in [4.69, 9.17) is 9.47 Å². The van der Waals surface area contributed by atoms with Crippen molar-refractivity contribution >= 4 is 29.0 Å². The molecule has 5 aromatic rings. The number of nitrogens with zero attached hydrogens (tertiary/aromatic N) is 1. The smallest absolute Gasteiger partial charge is 0.343 e. The highest BCUT2D eigenvalue weighted by atomic mass is 16.5. The van der Waals surface area contributed by atoms with Gasteiger partial charge < -0.3 is 14.5 Å². The molecule has 7 nitrogen and oxygen atoms in total. The van der Waals surface area contributed by atoms with E-state index in [0.29, 0.717) is 28.3 Å². The van der Waals surface area contributed by atoms with Gasteiger partial charge in [0.1, 0.15) is 17.2 Å². The van der Waals surface area contributed by atoms with Gasteiger partial charge in [-0.3, -0.25) is 4.79 Å². The minimum Gasteiger partial charge on any atom is -0.497 e. The Kier molecular flexibility index (Phi) is 6.99. The number of aromatic amines is 1. The van der Waals surface area contributed by atoms with Crippen LogP contribution >= 0.6 is 0 Å². The molecule has 0 atom stereocenters. The first-order chi connectivity index (χ1) is 18.5. The molecule has 0 fully saturated rings. The second-order valence-electron chi connectivity index (χ2n) is 8.59. The fourth-order valence-corrected chi connectivity index (χ4v) is 4.22. The van der Waals surface area contributed by atoms with Crippen molar-refractivity contribution in [2.45, 2.75) is 6.92 Å². The molecule has 0 bridgehead atoms. The van der Waals surface area contributed by atoms with Crippen LogP contribution in [0.2, 0.25) is 0 Å². The van der Waals surface area contributed by atoms with Gasteiger partial charge in [-0.05, 0) is 54.4 Å². The molecule has 0 aliphatic carbocycles. The van der Waals surface area contributed by atoms with Crippen LogP contribution in [0.5, 0.6) is 11.5 Å². The third-order valence-electron chi connectivity index (χ3n) is 6.15. The minimum atomic E-state index is -0.515. The number of hydrogen-bond donors (Lipinski definition) is 2. The van der Waals surface area contributed by atoms with Crippen LogP contribution in [0.1, 0.15) is 32.0 Å². The molecule has 0 spiro atoms. The SMILES string of the molecule is COc1ccc(C(=O)Oc2ccccc2C=NNC(=O)c2[nH]c3c(C)cccc3c2-c2ccccc2)cc1. The Balaban J connectivity index is 1.37. The van der Waals surface area contributed by atoms with E-state index in [2.05, 4.69) is 15.5 Å². The number of amides is 1. The average Bonchev–Trinajstić information content (AvgIpc) is 3.35. The monoisotopic (exact) mass is 503 g/mol. The van der Waals surface area contributed by atoms with Crippen LogP contribution in [0, 0.1) is 6.92 Å². The molecule has 1 aromatic heterocycles. The molecule has 38 heavy (non-hydrogen) atoms. The number of ether oxygens (including phenoxy) is 2. The number of aromatic nitrogens is 1. The number of H-pyrrole nitrogens is 1. The molecule has 0 unspecified atom stereocenters. The fourth-order valence-electron chi connectivity index (χ4n) is 4.22. The maximum Gasteiger partial charge on any atom is 0.343 e. The van der Waals surface area contributed by atoms with Gasteiger partial charge in [-0.15, -0.1) is 0 Å². The van der Waals surface area contributed by atoms with Gasteiger partial charge in [0.25, 0.3) is 5.91 Å². The molecule has 1 amide bonds. The highest BCUT2D eigenvalue weighted by Crippen LogP contribution is 2.33. The summed E-state index contributed by atoms with van der Waals surface area (Å²) < 4.78 is 10.7. The maximum atomic E-state index is 13.3. The zero-order valence-corrected chi connectivity index (χ0v) is 20.9. The fraction of sp³-hybridized carbons (Fsp3) is 0.0645. The predicted molar refractivity (Wildman–Crippen MR) is 148 cm³/mol. The second-order valence-corrected chi connectivity index (χ2v) is 8.59. The van der Waals surface area contributed by atoms with Crippen LogP contribution in [0.25, 0.3) is 22.0 Å². The van der Waals surface area contributed by atoms with E-state index < -0.39 is 5.97 Å². The third-order valence-corrected chi connectivity index (χ3v) is 6.15. The van der Waals surface area contributed by atoms with Crippen molar-refractivity contribution < 1.29 is 19.1 Å². The summed E-state index contributed by atoms with van der Waals surface area (Å²) in [6, 6.07) is 29.3. The lowest BCUT2D eigenvalue weighted by Crippen LogP contribution is -2.19. The standard InChI is InChI=1S/C31H25N3O4/c1-20-9-8-13-25-27(21-10-4-3-5-11-21)29(33-28(20)25)30(35)34-32-19-23-12-6-7-14-26(23)38-31(36)22-15-17-24(37-2)18-16-22/h3-19,33H,1-2H3,(H,34,35). The summed E-state index contributed by atoms with van der Waals surface area (Å²) in [5.74, 6) is 0.0600. The number of carbonyl (C=O) groups excluding carboxylic acids is 2. The van der Waals surface area contributed by atoms with Gasteiger partial charge in [-0.1, -0.05) is 60.7 Å². The van der Waals surface area contributed by atoms with Gasteiger partial charge in [-0.2, -0.15) is 5.10 Å². The van der Waals surface area contributed by atoms with Crippen molar-refractivity contribution in [1.29, 1.82) is 0 Å². The summed E-state index contributed by atoms with van der Waals surface area (Å²) in [6.45, 7) is 2.00. The summed E-state index contributed by atoms with van der Waals surface area (Å²) in [7, 11) is 1.56. The van der Waals surface area contributed by atoms with Crippen molar-refractivity contribution in [2.24, 2.45) is 5.10 Å². The van der Waals surface area contributed by atoms with Crippen LogP contribution in [-0.2, 0) is 0 Å². The number of esters is 1. The van der Waals surface area contributed by atoms with Crippen molar-refractivity contribution in [3.63, 3.8) is 0 Å². The van der Waals surface area contributed by atoms with Crippen molar-refractivity contribution in [3.8, 4) is 22.6 Å². The molecule has 188 valence electrons. The molecule has 0 aliphatic heterocycles. The molecule has 4 aromatic carbocycles. The number of benzene rings is 4. The molecule has 0 radical (unpaired) electrons. The Bertz CT molecular complexity index is 1640. The number of methoxy groups -OCH3 is 1. The maximum absolute atomic E-state index is 13.3. The van der Waals surface area contributed by atoms with Gasteiger partial charge in [0.05, 0.1) is 18.9 Å². The molecule has 0 saturated heterocycles. The van der Waals surface area contributed by atoms with Gasteiger partial charge >= 0.3 is 5.97 Å². The molecule has 7 heteroatoms. The molecule has 0 aliphatic rings. The van der Waals surface area contributed by atoms with Gasteiger partial charge in [0.15, 0.2) is 0 Å². The Morgan fingerprint density at radius 1 is 0.868 bits per heavy atom. The van der Waals surface area contributed by atoms with Crippen molar-refractivity contribution in [1.82, 2.24) is 10.4 Å². The van der Waals surface area contributed by atoms with Crippen LogP contribution in [-0.4, -0.2) is 30.2 Å². The summed E-state index contributed by atoms with van der Waals surface area (Å²) in [5, 5.41) is 5.12. The van der Waals surface area contributed by atoms with E-state index in [0.717, 1.165) is 27.6 Å².